The molecule has 110 valence electrons. The van der Waals surface area contributed by atoms with Gasteiger partial charge < -0.3 is 9.47 Å². The molecular weight excluding hydrogens is 282 g/mol. The zero-order chi connectivity index (χ0) is 16.3. The summed E-state index contributed by atoms with van der Waals surface area (Å²) in [7, 11) is 0. The second-order valence-electron chi connectivity index (χ2n) is 4.57. The van der Waals surface area contributed by atoms with Gasteiger partial charge in [0.2, 0.25) is 17.3 Å². The molecule has 5 heteroatoms. The van der Waals surface area contributed by atoms with Crippen LogP contribution in [0.15, 0.2) is 29.8 Å². The van der Waals surface area contributed by atoms with E-state index in [1.165, 1.54) is 12.3 Å². The molecule has 5 nitrogen and oxygen atoms in total. The van der Waals surface area contributed by atoms with E-state index in [1.807, 2.05) is 0 Å². The summed E-state index contributed by atoms with van der Waals surface area (Å²) in [5.41, 5.74) is 0.153. The van der Waals surface area contributed by atoms with Crippen LogP contribution in [0.1, 0.15) is 34.7 Å². The number of nitrogens with zero attached hydrogens (tertiary/aromatic N) is 1. The van der Waals surface area contributed by atoms with Crippen LogP contribution in [0.4, 0.5) is 0 Å². The Morgan fingerprint density at radius 1 is 1.05 bits per heavy atom. The maximum atomic E-state index is 12.5. The normalized spacial score (nSPS) is 16.2. The highest BCUT2D eigenvalue weighted by atomic mass is 16.5. The Hall–Kier alpha value is -3.05. The van der Waals surface area contributed by atoms with Crippen molar-refractivity contribution in [2.24, 2.45) is 0 Å². The molecule has 1 aromatic heterocycles. The van der Waals surface area contributed by atoms with Crippen molar-refractivity contribution in [2.75, 3.05) is 0 Å². The van der Waals surface area contributed by atoms with E-state index in [4.69, 9.17) is 22.3 Å². The number of carbonyl (C=O) groups is 2. The SMILES string of the molecule is C#CC(C)OC1=C(OC(C)C#C)C(=O)c2ncccc2C1=O. The monoisotopic (exact) mass is 295 g/mol. The summed E-state index contributed by atoms with van der Waals surface area (Å²) in [4.78, 5) is 29.0. The lowest BCUT2D eigenvalue weighted by Gasteiger charge is -2.22. The van der Waals surface area contributed by atoms with E-state index in [1.54, 1.807) is 19.9 Å². The van der Waals surface area contributed by atoms with Gasteiger partial charge in [0.25, 0.3) is 5.78 Å². The highest BCUT2D eigenvalue weighted by Gasteiger charge is 2.37. The molecule has 0 radical (unpaired) electrons. The van der Waals surface area contributed by atoms with Crippen LogP contribution >= 0.6 is 0 Å². The van der Waals surface area contributed by atoms with Gasteiger partial charge in [0.05, 0.1) is 5.56 Å². The molecule has 0 fully saturated rings. The number of carbonyl (C=O) groups excluding carboxylic acids is 2. The maximum Gasteiger partial charge on any atom is 0.250 e. The van der Waals surface area contributed by atoms with Gasteiger partial charge in [-0.25, -0.2) is 0 Å². The largest absolute Gasteiger partial charge is 0.470 e. The molecule has 0 saturated carbocycles. The molecule has 1 aliphatic rings. The fraction of sp³-hybridized carbons (Fsp3) is 0.235. The number of aromatic nitrogens is 1. The van der Waals surface area contributed by atoms with Gasteiger partial charge in [-0.15, -0.1) is 12.8 Å². The van der Waals surface area contributed by atoms with Crippen LogP contribution in [-0.4, -0.2) is 28.8 Å². The molecule has 1 aromatic rings. The molecule has 2 atom stereocenters. The summed E-state index contributed by atoms with van der Waals surface area (Å²) in [5, 5.41) is 0. The standard InChI is InChI=1S/C17H13NO4/c1-5-10(3)21-16-14(19)12-8-7-9-18-13(12)15(20)17(16)22-11(4)6-2/h1-2,7-11H,3-4H3. The molecule has 0 saturated heterocycles. The van der Waals surface area contributed by atoms with E-state index >= 15 is 0 Å². The number of terminal acetylenes is 2. The first kappa shape index (κ1) is 15.3. The quantitative estimate of drug-likeness (QED) is 0.792. The molecule has 1 aliphatic carbocycles. The molecule has 0 aromatic carbocycles. The van der Waals surface area contributed by atoms with Gasteiger partial charge in [-0.1, -0.05) is 11.8 Å². The number of ketones is 2. The van der Waals surface area contributed by atoms with Crippen molar-refractivity contribution in [3.05, 3.63) is 41.1 Å². The lowest BCUT2D eigenvalue weighted by Crippen LogP contribution is -2.29. The van der Waals surface area contributed by atoms with Gasteiger partial charge in [0.1, 0.15) is 5.69 Å². The van der Waals surface area contributed by atoms with E-state index in [2.05, 4.69) is 16.8 Å². The number of ether oxygens (including phenoxy) is 2. The molecule has 0 aliphatic heterocycles. The number of Topliss-reactive ketones (excluding diaryl/α,β-unsaturated/α-hetero) is 2. The average Bonchev–Trinajstić information content (AvgIpc) is 2.55. The van der Waals surface area contributed by atoms with E-state index in [9.17, 15) is 9.59 Å². The fourth-order valence-corrected chi connectivity index (χ4v) is 1.84. The zero-order valence-corrected chi connectivity index (χ0v) is 12.1. The van der Waals surface area contributed by atoms with Gasteiger partial charge in [-0.05, 0) is 26.0 Å². The average molecular weight is 295 g/mol. The van der Waals surface area contributed by atoms with Gasteiger partial charge in [0, 0.05) is 6.20 Å². The van der Waals surface area contributed by atoms with Crippen molar-refractivity contribution in [1.82, 2.24) is 4.98 Å². The lowest BCUT2D eigenvalue weighted by molar-refractivity contribution is 0.0675. The molecule has 0 bridgehead atoms. The molecule has 2 rings (SSSR count). The molecule has 1 heterocycles. The van der Waals surface area contributed by atoms with Crippen molar-refractivity contribution < 1.29 is 19.1 Å². The van der Waals surface area contributed by atoms with Crippen LogP contribution in [0.25, 0.3) is 0 Å². The van der Waals surface area contributed by atoms with Crippen molar-refractivity contribution >= 4 is 11.6 Å². The van der Waals surface area contributed by atoms with Crippen LogP contribution in [0.2, 0.25) is 0 Å². The Morgan fingerprint density at radius 3 is 2.14 bits per heavy atom. The summed E-state index contributed by atoms with van der Waals surface area (Å²) in [5.74, 6) is 3.08. The van der Waals surface area contributed by atoms with Crippen LogP contribution in [-0.2, 0) is 9.47 Å². The minimum absolute atomic E-state index is 0.00688. The topological polar surface area (TPSA) is 65.5 Å². The third-order valence-corrected chi connectivity index (χ3v) is 2.94. The Kier molecular flexibility index (Phi) is 4.29. The first-order valence-electron chi connectivity index (χ1n) is 6.53. The Bertz CT molecular complexity index is 686. The van der Waals surface area contributed by atoms with Gasteiger partial charge in [-0.3, -0.25) is 14.6 Å². The van der Waals surface area contributed by atoms with Crippen molar-refractivity contribution in [3.8, 4) is 24.7 Å². The second kappa shape index (κ2) is 6.15. The Morgan fingerprint density at radius 2 is 1.59 bits per heavy atom. The molecule has 2 unspecified atom stereocenters. The second-order valence-corrected chi connectivity index (χ2v) is 4.57. The minimum atomic E-state index is -0.711. The number of hydrogen-bond acceptors (Lipinski definition) is 5. The summed E-state index contributed by atoms with van der Waals surface area (Å²) in [6.45, 7) is 3.15. The fourth-order valence-electron chi connectivity index (χ4n) is 1.84. The minimum Gasteiger partial charge on any atom is -0.470 e. The Balaban J connectivity index is 2.55. The number of hydrogen-bond donors (Lipinski definition) is 0. The molecule has 0 N–H and O–H groups in total. The van der Waals surface area contributed by atoms with E-state index in [0.29, 0.717) is 0 Å². The third-order valence-electron chi connectivity index (χ3n) is 2.94. The summed E-state index contributed by atoms with van der Waals surface area (Å²) >= 11 is 0. The van der Waals surface area contributed by atoms with E-state index in [0.717, 1.165) is 0 Å². The van der Waals surface area contributed by atoms with Crippen molar-refractivity contribution in [1.29, 1.82) is 0 Å². The number of rotatable bonds is 4. The van der Waals surface area contributed by atoms with Gasteiger partial charge in [-0.2, -0.15) is 0 Å². The van der Waals surface area contributed by atoms with Gasteiger partial charge >= 0.3 is 0 Å². The first-order chi connectivity index (χ1) is 10.5. The third kappa shape index (κ3) is 2.70. The van der Waals surface area contributed by atoms with E-state index < -0.39 is 23.8 Å². The number of allylic oxidation sites excluding steroid dienone is 2. The molecular formula is C17H13NO4. The summed E-state index contributed by atoms with van der Waals surface area (Å²) < 4.78 is 10.8. The van der Waals surface area contributed by atoms with Crippen molar-refractivity contribution in [2.45, 2.75) is 26.1 Å². The van der Waals surface area contributed by atoms with Crippen LogP contribution in [0.5, 0.6) is 0 Å². The summed E-state index contributed by atoms with van der Waals surface area (Å²) in [6.07, 6.45) is 10.5. The zero-order valence-electron chi connectivity index (χ0n) is 12.1. The smallest absolute Gasteiger partial charge is 0.250 e. The van der Waals surface area contributed by atoms with Crippen LogP contribution < -0.4 is 0 Å². The van der Waals surface area contributed by atoms with Crippen LogP contribution in [0, 0.1) is 24.7 Å². The lowest BCUT2D eigenvalue weighted by atomic mass is 9.96. The predicted molar refractivity (Wildman–Crippen MR) is 78.7 cm³/mol. The Labute approximate surface area is 128 Å². The number of fused-ring (bicyclic) bond motifs is 1. The van der Waals surface area contributed by atoms with E-state index in [-0.39, 0.29) is 22.8 Å². The summed E-state index contributed by atoms with van der Waals surface area (Å²) in [6, 6.07) is 3.05. The highest BCUT2D eigenvalue weighted by Crippen LogP contribution is 2.27. The predicted octanol–water partition coefficient (Wildman–Crippen LogP) is 1.75. The molecule has 0 amide bonds. The van der Waals surface area contributed by atoms with Crippen molar-refractivity contribution in [3.63, 3.8) is 0 Å². The molecule has 0 spiro atoms. The molecule has 22 heavy (non-hydrogen) atoms. The maximum absolute atomic E-state index is 12.5. The van der Waals surface area contributed by atoms with Gasteiger partial charge in [0.15, 0.2) is 12.2 Å². The highest BCUT2D eigenvalue weighted by molar-refractivity contribution is 6.24. The number of pyridine rings is 1. The van der Waals surface area contributed by atoms with Crippen LogP contribution in [0.3, 0.4) is 0 Å². The first-order valence-corrected chi connectivity index (χ1v) is 6.53.